The summed E-state index contributed by atoms with van der Waals surface area (Å²) < 4.78 is 46.1. The molecule has 0 unspecified atom stereocenters. The zero-order valence-electron chi connectivity index (χ0n) is 51.5. The zero-order chi connectivity index (χ0) is 71.9. The molecule has 0 spiro atoms. The first kappa shape index (κ1) is 96.0. The number of carboxylic acids is 3. The molecule has 9 atom stereocenters. The number of ether oxygens (including phenoxy) is 4. The summed E-state index contributed by atoms with van der Waals surface area (Å²) in [5.74, 6) is -4.14. The number of aliphatic carboxylic acids is 3. The zero-order valence-corrected chi connectivity index (χ0v) is 57.7. The highest BCUT2D eigenvalue weighted by molar-refractivity contribution is 8.49. The van der Waals surface area contributed by atoms with Gasteiger partial charge in [-0.1, -0.05) is 98.8 Å². The third kappa shape index (κ3) is 54.3. The number of likely N-dealkylation sites (tertiary alicyclic amines) is 2. The van der Waals surface area contributed by atoms with Gasteiger partial charge in [0.25, 0.3) is 0 Å². The lowest BCUT2D eigenvalue weighted by molar-refractivity contribution is -0.145. The number of aliphatic hydroxyl groups excluding tert-OH is 4. The molecule has 3 aromatic rings. The van der Waals surface area contributed by atoms with Gasteiger partial charge in [0.2, 0.25) is 20.4 Å². The number of halogens is 6. The summed E-state index contributed by atoms with van der Waals surface area (Å²) in [7, 11) is 14.7. The van der Waals surface area contributed by atoms with Gasteiger partial charge in [0.15, 0.2) is 0 Å². The van der Waals surface area contributed by atoms with Gasteiger partial charge >= 0.3 is 41.5 Å². The van der Waals surface area contributed by atoms with E-state index >= 15 is 0 Å². The van der Waals surface area contributed by atoms with Crippen molar-refractivity contribution in [1.82, 2.24) is 21.3 Å². The minimum absolute atomic E-state index is 0. The highest BCUT2D eigenvalue weighted by atomic mass is 36.0. The van der Waals surface area contributed by atoms with Gasteiger partial charge in [-0.2, -0.15) is 4.21 Å². The van der Waals surface area contributed by atoms with E-state index in [1.54, 1.807) is 0 Å². The van der Waals surface area contributed by atoms with Gasteiger partial charge in [-0.15, -0.1) is 0 Å². The standard InChI is InChI=1S/C13H14ClNO3.C13H15NO4.C8H7ClO2.C5H11NO3.C5H9NO2.C4H10N2O2.C4H9NO3.CH4Cl2O2S.CH4O.Cl2OS.H3N/c14-12(16)11-7-4-8-15(11)13(17)18-9-10-5-2-1-3-6-10;15-12(16)11-7-4-8-14(11)13(17)18-9-10-5-2-1-3-6-10;9-8(10)11-6-7-4-2-1-3-5-7;1-3(7)4(6)5(8)9-2;7-5(8)4-2-1-3-6-4;1-2(7)3(5)4(6)8;1-2(6)3(5)4(7)8;1-6(2,3,4)5;1-2;1-4(2)3;/h1-3,5-6,11H,4,7-9H2;1-3,5-6,11H,4,7-9H2,(H,15,16);1-5H,6H2;3-4,7H,6H2,1-2H3;4,6H,1-3H2,(H,7,8);2-3,7H,5H2,1H3,(H2,6,8);2-3,6H,5H2,1H3,(H,7,8);1H3,(H,4,5);2H,1H3;;1H3/t2*11-;;3-,4+;4-;2*2-,3+;;;;/m00.1011..../s1. The molecule has 0 aliphatic carbocycles. The van der Waals surface area contributed by atoms with E-state index in [-0.39, 0.29) is 32.0 Å². The van der Waals surface area contributed by atoms with E-state index in [0.717, 1.165) is 55.9 Å². The maximum absolute atomic E-state index is 11.8. The number of nitrogens with one attached hydrogen (secondary N) is 1. The molecule has 20 N–H and O–H groups in total. The average Bonchev–Trinajstić information content (AvgIpc) is 2.23. The van der Waals surface area contributed by atoms with E-state index in [1.807, 2.05) is 91.0 Å². The quantitative estimate of drug-likeness (QED) is 0.0558. The number of carbonyl (C=O) groups excluding carboxylic acids is 6. The van der Waals surface area contributed by atoms with Gasteiger partial charge in [0.1, 0.15) is 56.1 Å². The van der Waals surface area contributed by atoms with Crippen molar-refractivity contribution in [3.63, 3.8) is 0 Å². The minimum Gasteiger partial charge on any atom is -0.480 e. The van der Waals surface area contributed by atoms with E-state index in [1.165, 1.54) is 37.7 Å². The van der Waals surface area contributed by atoms with E-state index in [9.17, 15) is 47.4 Å². The Bertz CT molecular complexity index is 2570. The predicted molar refractivity (Wildman–Crippen MR) is 352 cm³/mol. The number of primary amides is 1. The Labute approximate surface area is 568 Å². The largest absolute Gasteiger partial charge is 0.480 e. The van der Waals surface area contributed by atoms with E-state index in [0.29, 0.717) is 32.4 Å². The molecule has 39 heteroatoms. The summed E-state index contributed by atoms with van der Waals surface area (Å²) in [4.78, 5) is 99.1. The van der Waals surface area contributed by atoms with Crippen LogP contribution in [0.5, 0.6) is 0 Å². The van der Waals surface area contributed by atoms with Crippen LogP contribution in [0.2, 0.25) is 0 Å². The molecule has 93 heavy (non-hydrogen) atoms. The number of nitrogens with zero attached hydrogens (tertiary/aromatic N) is 2. The lowest BCUT2D eigenvalue weighted by atomic mass is 10.2. The fraction of sp³-hybridized carbons (Fsp3) is 0.500. The molecule has 3 saturated heterocycles. The lowest BCUT2D eigenvalue weighted by Gasteiger charge is -2.20. The topological polar surface area (TPSA) is 544 Å². The minimum atomic E-state index is -4.16. The van der Waals surface area contributed by atoms with Gasteiger partial charge in [0, 0.05) is 74.5 Å². The van der Waals surface area contributed by atoms with E-state index in [4.69, 9.17) is 100 Å². The average molecular weight is 1490 g/mol. The summed E-state index contributed by atoms with van der Waals surface area (Å²) in [6.07, 6.45) is 1.52. The number of carboxylic acid groups (broad SMARTS) is 3. The maximum atomic E-state index is 11.8. The third-order valence-electron chi connectivity index (χ3n) is 11.1. The van der Waals surface area contributed by atoms with Gasteiger partial charge in [-0.25, -0.2) is 23.4 Å². The molecule has 0 bridgehead atoms. The second-order valence-electron chi connectivity index (χ2n) is 18.7. The first-order valence-corrected chi connectivity index (χ1v) is 34.3. The van der Waals surface area contributed by atoms with Crippen LogP contribution in [0.1, 0.15) is 76.0 Å². The summed E-state index contributed by atoms with van der Waals surface area (Å²) in [5, 5.41) is 60.5. The summed E-state index contributed by atoms with van der Waals surface area (Å²) in [6.45, 7) is 6.62. The number of aliphatic hydroxyl groups is 4. The summed E-state index contributed by atoms with van der Waals surface area (Å²) in [6, 6.07) is 23.5. The number of nitrogens with two attached hydrogens (primary N) is 4. The lowest BCUT2D eigenvalue weighted by Crippen LogP contribution is -2.44. The van der Waals surface area contributed by atoms with Crippen LogP contribution in [0.3, 0.4) is 0 Å². The monoisotopic (exact) mass is 1490 g/mol. The fourth-order valence-electron chi connectivity index (χ4n) is 6.45. The highest BCUT2D eigenvalue weighted by Crippen LogP contribution is 2.27. The summed E-state index contributed by atoms with van der Waals surface area (Å²) >= 11 is 10.4. The number of methoxy groups -OCH3 is 1. The van der Waals surface area contributed by atoms with Crippen LogP contribution < -0.4 is 34.4 Å². The van der Waals surface area contributed by atoms with Crippen molar-refractivity contribution in [2.45, 2.75) is 134 Å². The molecule has 31 nitrogen and oxygen atoms in total. The van der Waals surface area contributed by atoms with Crippen LogP contribution in [0.25, 0.3) is 0 Å². The van der Waals surface area contributed by atoms with Crippen LogP contribution in [0.4, 0.5) is 14.4 Å². The van der Waals surface area contributed by atoms with Crippen molar-refractivity contribution in [3.05, 3.63) is 108 Å². The van der Waals surface area contributed by atoms with Gasteiger partial charge in [0.05, 0.1) is 31.7 Å². The van der Waals surface area contributed by atoms with Crippen LogP contribution in [0, 0.1) is 0 Å². The van der Waals surface area contributed by atoms with Crippen molar-refractivity contribution in [2.75, 3.05) is 40.1 Å². The molecule has 3 aliphatic rings. The van der Waals surface area contributed by atoms with Crippen molar-refractivity contribution in [1.29, 1.82) is 0 Å². The molecule has 534 valence electrons. The molecule has 3 heterocycles. The Balaban J connectivity index is -0.000000322. The van der Waals surface area contributed by atoms with Crippen LogP contribution >= 0.6 is 65.9 Å². The van der Waals surface area contributed by atoms with Crippen LogP contribution in [-0.4, -0.2) is 206 Å². The number of hydrogen-bond donors (Lipinski definition) is 14. The molecular weight excluding hydrogens is 1410 g/mol. The Morgan fingerprint density at radius 3 is 1.17 bits per heavy atom. The molecule has 3 aromatic carbocycles. The van der Waals surface area contributed by atoms with Crippen LogP contribution in [0.15, 0.2) is 91.0 Å². The van der Waals surface area contributed by atoms with Crippen molar-refractivity contribution < 1.29 is 111 Å². The smallest absolute Gasteiger partial charge is 0.410 e. The number of benzene rings is 3. The molecule has 6 rings (SSSR count). The molecule has 3 amide bonds. The Hall–Kier alpha value is -5.67. The first-order chi connectivity index (χ1) is 42.6. The summed E-state index contributed by atoms with van der Waals surface area (Å²) in [5.41, 5.74) is 21.8. The molecule has 3 fully saturated rings. The number of carbonyl (C=O) groups is 9. The van der Waals surface area contributed by atoms with Crippen molar-refractivity contribution >= 4 is 136 Å². The normalized spacial score (nSPS) is 17.0. The SMILES string of the molecule is CO.COC(=O)[C@@H](N)[C@@H](C)O.CS(=O)(O)(Cl)Cl.C[C@@H](O)[C@H](N)C(=O)O.C[C@@H](O)[C@H](N)C(N)=O.N.O=C(Cl)OCc1ccccc1.O=C(Cl)[C@@H]1CCCN1C(=O)OCc1ccccc1.O=C(O)[C@@H]1CCCN1.O=C(O)[C@@H]1CCCN1C(=O)OCc1ccccc1.O=S(Cl)Cl. The molecular formula is C54H86Cl6N8O23S2. The second-order valence-corrected chi connectivity index (χ2v) is 28.9. The first-order valence-electron chi connectivity index (χ1n) is 26.7. The molecule has 0 aromatic heterocycles. The van der Waals surface area contributed by atoms with Gasteiger partial charge in [-0.3, -0.25) is 38.3 Å². The van der Waals surface area contributed by atoms with Gasteiger partial charge in [-0.05, 0) is 94.1 Å². The maximum Gasteiger partial charge on any atom is 0.410 e. The number of esters is 1. The number of hydrogen-bond acceptors (Lipinski definition) is 24. The Morgan fingerprint density at radius 2 is 0.957 bits per heavy atom. The second kappa shape index (κ2) is 53.6. The molecule has 3 aliphatic heterocycles. The predicted octanol–water partition coefficient (Wildman–Crippen LogP) is 4.67. The van der Waals surface area contributed by atoms with Crippen molar-refractivity contribution in [3.8, 4) is 0 Å². The van der Waals surface area contributed by atoms with E-state index in [2.05, 4.69) is 57.5 Å². The number of amides is 3. The van der Waals surface area contributed by atoms with Gasteiger partial charge < -0.3 is 89.1 Å². The third-order valence-corrected chi connectivity index (χ3v) is 11.5. The van der Waals surface area contributed by atoms with Crippen molar-refractivity contribution in [2.24, 2.45) is 22.9 Å². The highest BCUT2D eigenvalue weighted by Gasteiger charge is 2.36. The fourth-order valence-corrected chi connectivity index (χ4v) is 6.74. The van der Waals surface area contributed by atoms with Crippen LogP contribution in [-0.2, 0) is 84.5 Å². The molecule has 0 saturated carbocycles. The van der Waals surface area contributed by atoms with E-state index < -0.39 is 118 Å². The number of rotatable bonds is 15. The Kier molecular flexibility index (Phi) is 55.3. The molecule has 0 radical (unpaired) electrons. The Morgan fingerprint density at radius 1 is 0.624 bits per heavy atom.